The molecule has 3 N–H and O–H groups in total. The van der Waals surface area contributed by atoms with Crippen LogP contribution in [0.25, 0.3) is 0 Å². The van der Waals surface area contributed by atoms with E-state index in [1.54, 1.807) is 0 Å². The van der Waals surface area contributed by atoms with Crippen molar-refractivity contribution in [1.29, 1.82) is 0 Å². The normalized spacial score (nSPS) is 14.1. The highest BCUT2D eigenvalue weighted by Crippen LogP contribution is 2.45. The van der Waals surface area contributed by atoms with Gasteiger partial charge in [0.1, 0.15) is 19.3 Å². The molecule has 19 heteroatoms. The molecule has 87 heavy (non-hydrogen) atoms. The van der Waals surface area contributed by atoms with Crippen molar-refractivity contribution in [2.24, 2.45) is 5.92 Å². The number of carbonyl (C=O) groups is 4. The summed E-state index contributed by atoms with van der Waals surface area (Å²) >= 11 is 0. The van der Waals surface area contributed by atoms with Crippen molar-refractivity contribution in [2.75, 3.05) is 39.6 Å². The first-order chi connectivity index (χ1) is 42.0. The summed E-state index contributed by atoms with van der Waals surface area (Å²) in [5.41, 5.74) is 0. The summed E-state index contributed by atoms with van der Waals surface area (Å²) in [7, 11) is -9.89. The van der Waals surface area contributed by atoms with E-state index in [0.29, 0.717) is 25.7 Å². The standard InChI is InChI=1S/C68H132O17P2/c1-6-9-12-15-18-21-23-24-28-33-37-42-47-52-66(71)79-58-64(85-68(73)54-49-44-39-34-29-26-25-27-31-35-40-45-50-61(4)5)60-83-87(76,77)81-56-62(69)55-80-86(74,75)82-59-63(57-78-65(70)51-46-41-36-30-20-17-14-11-8-3)84-67(72)53-48-43-38-32-22-19-16-13-10-7-2/h61-64,69H,6-60H2,1-5H3,(H,74,75)(H,76,77)/t62-,63+,64+/m0/s1. The van der Waals surface area contributed by atoms with Gasteiger partial charge in [0.25, 0.3) is 0 Å². The van der Waals surface area contributed by atoms with Crippen molar-refractivity contribution in [3.05, 3.63) is 0 Å². The lowest BCUT2D eigenvalue weighted by Gasteiger charge is -2.21. The molecule has 5 atom stereocenters. The zero-order chi connectivity index (χ0) is 64.2. The SMILES string of the molecule is CCCCCCCCCCCCCCCC(=O)OC[C@H](COP(=O)(O)OC[C@@H](O)COP(=O)(O)OC[C@@H](COC(=O)CCCCCCCCCCC)OC(=O)CCCCCCCCCCCC)OC(=O)CCCCCCCCCCCCCCC(C)C. The average molecular weight is 1280 g/mol. The molecule has 17 nitrogen and oxygen atoms in total. The maximum atomic E-state index is 13.0. The Balaban J connectivity index is 5.23. The van der Waals surface area contributed by atoms with E-state index in [1.165, 1.54) is 173 Å². The van der Waals surface area contributed by atoms with Crippen molar-refractivity contribution in [1.82, 2.24) is 0 Å². The average Bonchev–Trinajstić information content (AvgIpc) is 3.70. The lowest BCUT2D eigenvalue weighted by molar-refractivity contribution is -0.161. The van der Waals surface area contributed by atoms with E-state index in [9.17, 15) is 43.2 Å². The number of aliphatic hydroxyl groups is 1. The molecular formula is C68H132O17P2. The third kappa shape index (κ3) is 62.6. The van der Waals surface area contributed by atoms with Gasteiger partial charge in [-0.1, -0.05) is 298 Å². The van der Waals surface area contributed by atoms with Crippen molar-refractivity contribution < 1.29 is 80.2 Å². The third-order valence-electron chi connectivity index (χ3n) is 15.8. The second kappa shape index (κ2) is 61.6. The van der Waals surface area contributed by atoms with E-state index < -0.39 is 97.5 Å². The molecule has 0 aromatic rings. The van der Waals surface area contributed by atoms with Crippen LogP contribution in [0.1, 0.15) is 349 Å². The lowest BCUT2D eigenvalue weighted by Crippen LogP contribution is -2.30. The number of esters is 4. The van der Waals surface area contributed by atoms with Gasteiger partial charge in [-0.2, -0.15) is 0 Å². The molecule has 0 saturated carbocycles. The molecule has 0 amide bonds. The van der Waals surface area contributed by atoms with Gasteiger partial charge in [0.15, 0.2) is 12.2 Å². The van der Waals surface area contributed by atoms with Crippen LogP contribution in [0.15, 0.2) is 0 Å². The van der Waals surface area contributed by atoms with Gasteiger partial charge in [-0.15, -0.1) is 0 Å². The maximum Gasteiger partial charge on any atom is 0.472 e. The summed E-state index contributed by atoms with van der Waals surface area (Å²) in [5.74, 6) is -1.35. The number of phosphoric ester groups is 2. The Kier molecular flexibility index (Phi) is 60.2. The van der Waals surface area contributed by atoms with E-state index in [4.69, 9.17) is 37.0 Å². The summed E-state index contributed by atoms with van der Waals surface area (Å²) in [6.07, 6.45) is 47.0. The van der Waals surface area contributed by atoms with Crippen LogP contribution in [0, 0.1) is 5.92 Å². The van der Waals surface area contributed by atoms with Crippen LogP contribution in [0.4, 0.5) is 0 Å². The lowest BCUT2D eigenvalue weighted by atomic mass is 10.0. The van der Waals surface area contributed by atoms with E-state index in [-0.39, 0.29) is 25.7 Å². The molecule has 0 rings (SSSR count). The number of phosphoric acid groups is 2. The largest absolute Gasteiger partial charge is 0.472 e. The van der Waals surface area contributed by atoms with Gasteiger partial charge < -0.3 is 33.8 Å². The Morgan fingerprint density at radius 2 is 0.529 bits per heavy atom. The van der Waals surface area contributed by atoms with Gasteiger partial charge in [0.2, 0.25) is 0 Å². The Morgan fingerprint density at radius 3 is 0.782 bits per heavy atom. The molecular weight excluding hydrogens is 1150 g/mol. The highest BCUT2D eigenvalue weighted by atomic mass is 31.2. The molecule has 0 heterocycles. The van der Waals surface area contributed by atoms with Gasteiger partial charge in [0, 0.05) is 25.7 Å². The van der Waals surface area contributed by atoms with Crippen LogP contribution in [0.2, 0.25) is 0 Å². The second-order valence-corrected chi connectivity index (χ2v) is 27.9. The third-order valence-corrected chi connectivity index (χ3v) is 17.7. The van der Waals surface area contributed by atoms with Gasteiger partial charge in [0.05, 0.1) is 26.4 Å². The van der Waals surface area contributed by atoms with Crippen LogP contribution in [0.3, 0.4) is 0 Å². The number of carbonyl (C=O) groups excluding carboxylic acids is 4. The molecule has 0 saturated heterocycles. The fourth-order valence-electron chi connectivity index (χ4n) is 10.3. The van der Waals surface area contributed by atoms with E-state index in [2.05, 4.69) is 34.6 Å². The first-order valence-electron chi connectivity index (χ1n) is 35.6. The Bertz CT molecular complexity index is 1690. The van der Waals surface area contributed by atoms with Crippen molar-refractivity contribution in [3.8, 4) is 0 Å². The topological polar surface area (TPSA) is 237 Å². The summed E-state index contributed by atoms with van der Waals surface area (Å²) in [6.45, 7) is 7.22. The van der Waals surface area contributed by atoms with Gasteiger partial charge in [-0.05, 0) is 31.6 Å². The summed E-state index contributed by atoms with van der Waals surface area (Å²) in [4.78, 5) is 72.4. The highest BCUT2D eigenvalue weighted by molar-refractivity contribution is 7.47. The number of hydrogen-bond donors (Lipinski definition) is 3. The molecule has 0 aromatic carbocycles. The zero-order valence-electron chi connectivity index (χ0n) is 56.2. The molecule has 2 unspecified atom stereocenters. The monoisotopic (exact) mass is 1280 g/mol. The van der Waals surface area contributed by atoms with Gasteiger partial charge in [-0.25, -0.2) is 9.13 Å². The predicted octanol–water partition coefficient (Wildman–Crippen LogP) is 19.4. The van der Waals surface area contributed by atoms with Gasteiger partial charge in [-0.3, -0.25) is 37.3 Å². The maximum absolute atomic E-state index is 13.0. The Hall–Kier alpha value is -1.94. The molecule has 0 bridgehead atoms. The fourth-order valence-corrected chi connectivity index (χ4v) is 11.9. The molecule has 0 aromatic heterocycles. The molecule has 516 valence electrons. The smallest absolute Gasteiger partial charge is 0.462 e. The van der Waals surface area contributed by atoms with Crippen molar-refractivity contribution in [3.63, 3.8) is 0 Å². The minimum Gasteiger partial charge on any atom is -0.462 e. The van der Waals surface area contributed by atoms with E-state index in [0.717, 1.165) is 95.8 Å². The highest BCUT2D eigenvalue weighted by Gasteiger charge is 2.30. The Morgan fingerprint density at radius 1 is 0.310 bits per heavy atom. The van der Waals surface area contributed by atoms with Crippen LogP contribution in [0.5, 0.6) is 0 Å². The van der Waals surface area contributed by atoms with Crippen LogP contribution >= 0.6 is 15.6 Å². The number of hydrogen-bond acceptors (Lipinski definition) is 15. The van der Waals surface area contributed by atoms with E-state index >= 15 is 0 Å². The fraction of sp³-hybridized carbons (Fsp3) is 0.941. The van der Waals surface area contributed by atoms with Crippen LogP contribution in [-0.2, 0) is 65.4 Å². The molecule has 0 aliphatic rings. The number of ether oxygens (including phenoxy) is 4. The van der Waals surface area contributed by atoms with Crippen molar-refractivity contribution in [2.45, 2.75) is 368 Å². The molecule has 0 fully saturated rings. The number of rotatable bonds is 68. The Labute approximate surface area is 530 Å². The summed E-state index contributed by atoms with van der Waals surface area (Å²) in [5, 5.41) is 10.6. The molecule has 0 aliphatic carbocycles. The first-order valence-corrected chi connectivity index (χ1v) is 38.6. The zero-order valence-corrected chi connectivity index (χ0v) is 57.9. The summed E-state index contributed by atoms with van der Waals surface area (Å²) < 4.78 is 68.1. The van der Waals surface area contributed by atoms with Crippen LogP contribution < -0.4 is 0 Å². The minimum absolute atomic E-state index is 0.107. The number of aliphatic hydroxyl groups excluding tert-OH is 1. The molecule has 0 spiro atoms. The minimum atomic E-state index is -4.95. The number of unbranched alkanes of at least 4 members (excludes halogenated alkanes) is 40. The first kappa shape index (κ1) is 85.1. The van der Waals surface area contributed by atoms with Gasteiger partial charge >= 0.3 is 39.5 Å². The van der Waals surface area contributed by atoms with Crippen LogP contribution in [-0.4, -0.2) is 96.7 Å². The predicted molar refractivity (Wildman–Crippen MR) is 349 cm³/mol. The quantitative estimate of drug-likeness (QED) is 0.0222. The molecule has 0 aliphatic heterocycles. The summed E-state index contributed by atoms with van der Waals surface area (Å²) in [6, 6.07) is 0. The van der Waals surface area contributed by atoms with E-state index in [1.807, 2.05) is 0 Å². The molecule has 0 radical (unpaired) electrons. The van der Waals surface area contributed by atoms with Crippen molar-refractivity contribution >= 4 is 39.5 Å². The second-order valence-electron chi connectivity index (χ2n) is 25.0.